The highest BCUT2D eigenvalue weighted by atomic mass is 35.5. The first-order valence-electron chi connectivity index (χ1n) is 6.20. The van der Waals surface area contributed by atoms with Gasteiger partial charge in [0.25, 0.3) is 0 Å². The first-order valence-corrected chi connectivity index (χ1v) is 7.79. The van der Waals surface area contributed by atoms with Crippen LogP contribution in [0, 0.1) is 12.8 Å². The number of benzene rings is 1. The maximum atomic E-state index is 6.32. The number of halogens is 1. The van der Waals surface area contributed by atoms with Crippen molar-refractivity contribution in [2.45, 2.75) is 31.2 Å². The molecule has 3 heteroatoms. The van der Waals surface area contributed by atoms with E-state index in [9.17, 15) is 0 Å². The topological polar surface area (TPSA) is 9.23 Å². The third-order valence-corrected chi connectivity index (χ3v) is 5.60. The fraction of sp³-hybridized carbons (Fsp3) is 0.571. The van der Waals surface area contributed by atoms with E-state index in [1.807, 2.05) is 11.8 Å². The maximum Gasteiger partial charge on any atom is 0.123 e. The van der Waals surface area contributed by atoms with Gasteiger partial charge in [-0.05, 0) is 36.6 Å². The summed E-state index contributed by atoms with van der Waals surface area (Å²) in [5.74, 6) is 4.01. The van der Waals surface area contributed by atoms with E-state index in [1.165, 1.54) is 16.9 Å². The van der Waals surface area contributed by atoms with Crippen molar-refractivity contribution in [2.75, 3.05) is 11.5 Å². The Hall–Kier alpha value is -0.340. The Morgan fingerprint density at radius 2 is 2.29 bits per heavy atom. The third kappa shape index (κ3) is 2.43. The molecule has 1 aromatic rings. The van der Waals surface area contributed by atoms with Gasteiger partial charge in [-0.3, -0.25) is 0 Å². The van der Waals surface area contributed by atoms with Gasteiger partial charge in [0.15, 0.2) is 0 Å². The van der Waals surface area contributed by atoms with Gasteiger partial charge in [-0.15, -0.1) is 11.6 Å². The molecule has 0 bridgehead atoms. The number of alkyl halides is 1. The van der Waals surface area contributed by atoms with Crippen LogP contribution < -0.4 is 4.74 Å². The van der Waals surface area contributed by atoms with Crippen molar-refractivity contribution in [3.05, 3.63) is 29.3 Å². The normalized spacial score (nSPS) is 31.3. The van der Waals surface area contributed by atoms with Crippen molar-refractivity contribution in [3.63, 3.8) is 0 Å². The van der Waals surface area contributed by atoms with Gasteiger partial charge in [-0.25, -0.2) is 0 Å². The zero-order valence-electron chi connectivity index (χ0n) is 9.99. The fourth-order valence-corrected chi connectivity index (χ4v) is 4.58. The SMILES string of the molecule is Cc1ccc2c(c1)CC(CC1CSCC1Cl)O2. The van der Waals surface area contributed by atoms with Gasteiger partial charge in [0.1, 0.15) is 11.9 Å². The second-order valence-electron chi connectivity index (χ2n) is 5.10. The van der Waals surface area contributed by atoms with E-state index in [2.05, 4.69) is 25.1 Å². The second-order valence-corrected chi connectivity index (χ2v) is 6.74. The number of thioether (sulfide) groups is 1. The van der Waals surface area contributed by atoms with Crippen LogP contribution in [0.3, 0.4) is 0 Å². The number of rotatable bonds is 2. The summed E-state index contributed by atoms with van der Waals surface area (Å²) in [6.45, 7) is 2.13. The van der Waals surface area contributed by atoms with Gasteiger partial charge in [-0.2, -0.15) is 11.8 Å². The van der Waals surface area contributed by atoms with Gasteiger partial charge in [-0.1, -0.05) is 17.7 Å². The lowest BCUT2D eigenvalue weighted by Crippen LogP contribution is -2.23. The van der Waals surface area contributed by atoms with Gasteiger partial charge in [0.05, 0.1) is 0 Å². The second kappa shape index (κ2) is 4.74. The van der Waals surface area contributed by atoms with Gasteiger partial charge in [0.2, 0.25) is 0 Å². The highest BCUT2D eigenvalue weighted by molar-refractivity contribution is 7.99. The molecule has 0 saturated carbocycles. The lowest BCUT2D eigenvalue weighted by atomic mass is 9.97. The first-order chi connectivity index (χ1) is 8.22. The molecule has 1 nitrogen and oxygen atoms in total. The molecule has 3 atom stereocenters. The van der Waals surface area contributed by atoms with E-state index in [0.717, 1.165) is 24.3 Å². The zero-order valence-corrected chi connectivity index (χ0v) is 11.6. The van der Waals surface area contributed by atoms with Gasteiger partial charge >= 0.3 is 0 Å². The van der Waals surface area contributed by atoms with Gasteiger partial charge in [0, 0.05) is 17.6 Å². The van der Waals surface area contributed by atoms with Crippen molar-refractivity contribution in [1.82, 2.24) is 0 Å². The van der Waals surface area contributed by atoms with Crippen LogP contribution in [0.1, 0.15) is 17.5 Å². The molecule has 0 radical (unpaired) electrons. The molecule has 92 valence electrons. The van der Waals surface area contributed by atoms with E-state index in [-0.39, 0.29) is 0 Å². The Labute approximate surface area is 112 Å². The molecule has 1 fully saturated rings. The molecule has 0 amide bonds. The average molecular weight is 269 g/mol. The molecule has 2 heterocycles. The highest BCUT2D eigenvalue weighted by Crippen LogP contribution is 2.36. The Kier molecular flexibility index (Phi) is 3.27. The summed E-state index contributed by atoms with van der Waals surface area (Å²) in [7, 11) is 0. The minimum absolute atomic E-state index is 0.342. The molecule has 2 aliphatic heterocycles. The van der Waals surface area contributed by atoms with Crippen molar-refractivity contribution < 1.29 is 4.74 Å². The van der Waals surface area contributed by atoms with Gasteiger partial charge < -0.3 is 4.74 Å². The van der Waals surface area contributed by atoms with Crippen LogP contribution in [0.4, 0.5) is 0 Å². The lowest BCUT2D eigenvalue weighted by molar-refractivity contribution is 0.200. The predicted molar refractivity (Wildman–Crippen MR) is 74.4 cm³/mol. The molecule has 0 aromatic heterocycles. The molecule has 0 spiro atoms. The lowest BCUT2D eigenvalue weighted by Gasteiger charge is -2.17. The molecule has 1 aromatic carbocycles. The van der Waals surface area contributed by atoms with Crippen molar-refractivity contribution >= 4 is 23.4 Å². The Morgan fingerprint density at radius 3 is 3.06 bits per heavy atom. The smallest absolute Gasteiger partial charge is 0.123 e. The fourth-order valence-electron chi connectivity index (χ4n) is 2.71. The summed E-state index contributed by atoms with van der Waals surface area (Å²) in [6, 6.07) is 6.47. The van der Waals surface area contributed by atoms with E-state index >= 15 is 0 Å². The number of ether oxygens (including phenoxy) is 1. The molecule has 0 N–H and O–H groups in total. The number of hydrogen-bond acceptors (Lipinski definition) is 2. The van der Waals surface area contributed by atoms with Crippen LogP contribution in [-0.2, 0) is 6.42 Å². The molecular weight excluding hydrogens is 252 g/mol. The Morgan fingerprint density at radius 1 is 1.41 bits per heavy atom. The maximum absolute atomic E-state index is 6.32. The van der Waals surface area contributed by atoms with E-state index in [1.54, 1.807) is 0 Å². The van der Waals surface area contributed by atoms with Crippen molar-refractivity contribution in [3.8, 4) is 5.75 Å². The van der Waals surface area contributed by atoms with Crippen molar-refractivity contribution in [2.24, 2.45) is 5.92 Å². The number of aryl methyl sites for hydroxylation is 1. The summed E-state index contributed by atoms with van der Waals surface area (Å²) in [4.78, 5) is 0. The first kappa shape index (κ1) is 11.7. The quantitative estimate of drug-likeness (QED) is 0.757. The largest absolute Gasteiger partial charge is 0.490 e. The molecule has 2 aliphatic rings. The minimum Gasteiger partial charge on any atom is -0.490 e. The number of fused-ring (bicyclic) bond motifs is 1. The summed E-state index contributed by atoms with van der Waals surface area (Å²) in [5, 5.41) is 0.342. The predicted octanol–water partition coefficient (Wildman–Crippen LogP) is 3.66. The molecule has 0 aliphatic carbocycles. The standard InChI is InChI=1S/C14H17ClOS/c1-9-2-3-14-10(4-9)5-12(16-14)6-11-7-17-8-13(11)15/h2-4,11-13H,5-8H2,1H3. The Balaban J connectivity index is 1.66. The highest BCUT2D eigenvalue weighted by Gasteiger charge is 2.32. The molecule has 3 rings (SSSR count). The van der Waals surface area contributed by atoms with E-state index in [0.29, 0.717) is 17.4 Å². The minimum atomic E-state index is 0.342. The van der Waals surface area contributed by atoms with Crippen LogP contribution in [0.5, 0.6) is 5.75 Å². The monoisotopic (exact) mass is 268 g/mol. The summed E-state index contributed by atoms with van der Waals surface area (Å²) >= 11 is 8.29. The molecule has 17 heavy (non-hydrogen) atoms. The Bertz CT molecular complexity index is 421. The van der Waals surface area contributed by atoms with E-state index < -0.39 is 0 Å². The van der Waals surface area contributed by atoms with Crippen LogP contribution in [-0.4, -0.2) is 23.0 Å². The van der Waals surface area contributed by atoms with Crippen LogP contribution in [0.2, 0.25) is 0 Å². The van der Waals surface area contributed by atoms with Crippen LogP contribution in [0.25, 0.3) is 0 Å². The molecule has 3 unspecified atom stereocenters. The third-order valence-electron chi connectivity index (χ3n) is 3.64. The summed E-state index contributed by atoms with van der Waals surface area (Å²) < 4.78 is 6.00. The van der Waals surface area contributed by atoms with Crippen molar-refractivity contribution in [1.29, 1.82) is 0 Å². The zero-order chi connectivity index (χ0) is 11.8. The number of hydrogen-bond donors (Lipinski definition) is 0. The summed E-state index contributed by atoms with van der Waals surface area (Å²) in [5.41, 5.74) is 2.69. The van der Waals surface area contributed by atoms with Crippen LogP contribution >= 0.6 is 23.4 Å². The molecular formula is C14H17ClOS. The summed E-state index contributed by atoms with van der Waals surface area (Å²) in [6.07, 6.45) is 2.51. The molecule has 1 saturated heterocycles. The average Bonchev–Trinajstić information content (AvgIpc) is 2.85. The van der Waals surface area contributed by atoms with Crippen LogP contribution in [0.15, 0.2) is 18.2 Å². The van der Waals surface area contributed by atoms with E-state index in [4.69, 9.17) is 16.3 Å².